The van der Waals surface area contributed by atoms with Crippen molar-refractivity contribution in [3.05, 3.63) is 83.0 Å². The minimum atomic E-state index is 0.1000. The summed E-state index contributed by atoms with van der Waals surface area (Å²) in [7, 11) is 0. The molecule has 148 valence electrons. The average molecular weight is 408 g/mol. The molecule has 4 aromatic rings. The van der Waals surface area contributed by atoms with Gasteiger partial charge in [0.25, 0.3) is 0 Å². The molecule has 3 heterocycles. The van der Waals surface area contributed by atoms with E-state index in [9.17, 15) is 5.11 Å². The Bertz CT molecular complexity index is 1070. The summed E-state index contributed by atoms with van der Waals surface area (Å²) >= 11 is 1.54. The van der Waals surface area contributed by atoms with Gasteiger partial charge in [0.15, 0.2) is 6.04 Å². The summed E-state index contributed by atoms with van der Waals surface area (Å²) in [5.41, 5.74) is 2.63. The number of aromatic hydroxyl groups is 1. The highest BCUT2D eigenvalue weighted by Crippen LogP contribution is 2.34. The molecule has 3 N–H and O–H groups in total. The largest absolute Gasteiger partial charge is 0.492 e. The SMILES string of the molecule is Oc1c([C@H](c2ccccc2)[NH+]2CC[NH+](Cc3ccccc3)CC2)sc2ncnn12. The second-order valence-electron chi connectivity index (χ2n) is 7.66. The van der Waals surface area contributed by atoms with E-state index in [1.807, 2.05) is 6.07 Å². The minimum absolute atomic E-state index is 0.1000. The number of nitrogens with zero attached hydrogens (tertiary/aromatic N) is 3. The van der Waals surface area contributed by atoms with Gasteiger partial charge in [0.1, 0.15) is 43.9 Å². The second-order valence-corrected chi connectivity index (χ2v) is 8.67. The molecule has 7 heteroatoms. The van der Waals surface area contributed by atoms with Crippen molar-refractivity contribution in [3.63, 3.8) is 0 Å². The van der Waals surface area contributed by atoms with Gasteiger partial charge in [0.2, 0.25) is 10.8 Å². The fraction of sp³-hybridized carbons (Fsp3) is 0.273. The number of nitrogens with one attached hydrogen (secondary N) is 2. The molecule has 1 aliphatic heterocycles. The Hall–Kier alpha value is -2.74. The van der Waals surface area contributed by atoms with Crippen LogP contribution in [0.3, 0.4) is 0 Å². The Morgan fingerprint density at radius 1 is 0.966 bits per heavy atom. The number of thiazole rings is 1. The third kappa shape index (κ3) is 3.64. The van der Waals surface area contributed by atoms with Crippen LogP contribution >= 0.6 is 11.3 Å². The van der Waals surface area contributed by atoms with Crippen LogP contribution < -0.4 is 9.80 Å². The van der Waals surface area contributed by atoms with Crippen molar-refractivity contribution in [3.8, 4) is 5.88 Å². The van der Waals surface area contributed by atoms with Crippen molar-refractivity contribution in [2.75, 3.05) is 26.2 Å². The number of hydrogen-bond donors (Lipinski definition) is 3. The molecular weight excluding hydrogens is 382 g/mol. The van der Waals surface area contributed by atoms with E-state index in [1.165, 1.54) is 22.4 Å². The van der Waals surface area contributed by atoms with Crippen molar-refractivity contribution < 1.29 is 14.9 Å². The monoisotopic (exact) mass is 407 g/mol. The first-order chi connectivity index (χ1) is 14.3. The minimum Gasteiger partial charge on any atom is -0.492 e. The van der Waals surface area contributed by atoms with Gasteiger partial charge in [-0.25, -0.2) is 4.98 Å². The van der Waals surface area contributed by atoms with Crippen molar-refractivity contribution in [1.82, 2.24) is 14.6 Å². The molecule has 0 spiro atoms. The maximum absolute atomic E-state index is 10.8. The van der Waals surface area contributed by atoms with Crippen molar-refractivity contribution >= 4 is 16.3 Å². The molecule has 0 aliphatic carbocycles. The molecule has 1 atom stereocenters. The standard InChI is InChI=1S/C22H23N5OS/c28-21-20(29-22-23-16-24-27(21)22)19(18-9-5-2-6-10-18)26-13-11-25(12-14-26)15-17-7-3-1-4-8-17/h1-10,16,19,28H,11-15H2/p+2/t19-/m0/s1. The van der Waals surface area contributed by atoms with Crippen molar-refractivity contribution in [2.45, 2.75) is 12.6 Å². The van der Waals surface area contributed by atoms with Crippen LogP contribution in [0.25, 0.3) is 4.96 Å². The Morgan fingerprint density at radius 2 is 1.66 bits per heavy atom. The molecule has 0 saturated carbocycles. The van der Waals surface area contributed by atoms with Crippen LogP contribution in [-0.2, 0) is 6.54 Å². The van der Waals surface area contributed by atoms with Crippen LogP contribution in [0.2, 0.25) is 0 Å². The summed E-state index contributed by atoms with van der Waals surface area (Å²) in [6.07, 6.45) is 1.49. The summed E-state index contributed by atoms with van der Waals surface area (Å²) in [6, 6.07) is 21.4. The van der Waals surface area contributed by atoms with Crippen LogP contribution in [0.4, 0.5) is 0 Å². The van der Waals surface area contributed by atoms with Gasteiger partial charge in [-0.15, -0.1) is 0 Å². The zero-order valence-corrected chi connectivity index (χ0v) is 17.0. The van der Waals surface area contributed by atoms with Gasteiger partial charge in [-0.3, -0.25) is 0 Å². The number of rotatable bonds is 5. The fourth-order valence-electron chi connectivity index (χ4n) is 4.37. The number of piperazine rings is 1. The summed E-state index contributed by atoms with van der Waals surface area (Å²) in [4.78, 5) is 9.09. The summed E-state index contributed by atoms with van der Waals surface area (Å²) in [5, 5.41) is 15.0. The maximum Gasteiger partial charge on any atom is 0.235 e. The van der Waals surface area contributed by atoms with Crippen LogP contribution in [0.1, 0.15) is 22.0 Å². The Labute approximate surface area is 173 Å². The molecule has 0 bridgehead atoms. The highest BCUT2D eigenvalue weighted by Gasteiger charge is 2.35. The fourth-order valence-corrected chi connectivity index (χ4v) is 5.49. The van der Waals surface area contributed by atoms with E-state index < -0.39 is 0 Å². The molecule has 1 aliphatic rings. The zero-order valence-electron chi connectivity index (χ0n) is 16.2. The zero-order chi connectivity index (χ0) is 19.6. The Balaban J connectivity index is 1.39. The van der Waals surface area contributed by atoms with Gasteiger partial charge < -0.3 is 14.9 Å². The van der Waals surface area contributed by atoms with E-state index in [2.05, 4.69) is 64.7 Å². The lowest BCUT2D eigenvalue weighted by atomic mass is 10.0. The van der Waals surface area contributed by atoms with Gasteiger partial charge in [0, 0.05) is 11.1 Å². The molecule has 2 aromatic carbocycles. The number of quaternary nitrogens is 2. The Morgan fingerprint density at radius 3 is 2.34 bits per heavy atom. The highest BCUT2D eigenvalue weighted by atomic mass is 32.1. The molecule has 0 radical (unpaired) electrons. The molecule has 0 amide bonds. The van der Waals surface area contributed by atoms with Crippen molar-refractivity contribution in [1.29, 1.82) is 0 Å². The van der Waals surface area contributed by atoms with Gasteiger partial charge in [-0.05, 0) is 0 Å². The number of hydrogen-bond acceptors (Lipinski definition) is 4. The summed E-state index contributed by atoms with van der Waals surface area (Å²) in [5.74, 6) is 0.225. The average Bonchev–Trinajstić information content (AvgIpc) is 3.35. The highest BCUT2D eigenvalue weighted by molar-refractivity contribution is 7.17. The topological polar surface area (TPSA) is 59.3 Å². The molecule has 1 fully saturated rings. The lowest BCUT2D eigenvalue weighted by molar-refractivity contribution is -1.03. The third-order valence-electron chi connectivity index (χ3n) is 5.84. The van der Waals surface area contributed by atoms with Crippen LogP contribution in [-0.4, -0.2) is 45.9 Å². The third-order valence-corrected chi connectivity index (χ3v) is 6.94. The van der Waals surface area contributed by atoms with Gasteiger partial charge >= 0.3 is 0 Å². The molecule has 2 aromatic heterocycles. The van der Waals surface area contributed by atoms with Crippen LogP contribution in [0, 0.1) is 0 Å². The number of aromatic nitrogens is 3. The van der Waals surface area contributed by atoms with E-state index in [-0.39, 0.29) is 11.9 Å². The first-order valence-electron chi connectivity index (χ1n) is 10.1. The molecule has 29 heavy (non-hydrogen) atoms. The van der Waals surface area contributed by atoms with Gasteiger partial charge in [-0.1, -0.05) is 72.0 Å². The van der Waals surface area contributed by atoms with E-state index >= 15 is 0 Å². The smallest absolute Gasteiger partial charge is 0.235 e. The van der Waals surface area contributed by atoms with Crippen LogP contribution in [0.15, 0.2) is 67.0 Å². The first-order valence-corrected chi connectivity index (χ1v) is 10.9. The van der Waals surface area contributed by atoms with E-state index in [1.54, 1.807) is 20.8 Å². The maximum atomic E-state index is 10.8. The quantitative estimate of drug-likeness (QED) is 0.453. The number of benzene rings is 2. The van der Waals surface area contributed by atoms with E-state index in [4.69, 9.17) is 0 Å². The van der Waals surface area contributed by atoms with E-state index in [0.29, 0.717) is 0 Å². The predicted octanol–water partition coefficient (Wildman–Crippen LogP) is 0.569. The first kappa shape index (κ1) is 18.3. The molecule has 5 rings (SSSR count). The Kier molecular flexibility index (Phi) is 5.01. The molecule has 0 unspecified atom stereocenters. The van der Waals surface area contributed by atoms with Crippen molar-refractivity contribution in [2.24, 2.45) is 0 Å². The van der Waals surface area contributed by atoms with Crippen LogP contribution in [0.5, 0.6) is 5.88 Å². The molecule has 1 saturated heterocycles. The lowest BCUT2D eigenvalue weighted by Gasteiger charge is -2.34. The normalized spacial score (nSPS) is 20.7. The summed E-state index contributed by atoms with van der Waals surface area (Å²) < 4.78 is 1.55. The number of fused-ring (bicyclic) bond motifs is 1. The summed E-state index contributed by atoms with van der Waals surface area (Å²) in [6.45, 7) is 5.44. The predicted molar refractivity (Wildman–Crippen MR) is 112 cm³/mol. The van der Waals surface area contributed by atoms with Gasteiger partial charge in [0.05, 0.1) is 0 Å². The van der Waals surface area contributed by atoms with E-state index in [0.717, 1.165) is 42.6 Å². The second kappa shape index (κ2) is 7.94. The van der Waals surface area contributed by atoms with Gasteiger partial charge in [-0.2, -0.15) is 9.61 Å². The molecular formula is C22H25N5OS+2. The molecule has 6 nitrogen and oxygen atoms in total. The lowest BCUT2D eigenvalue weighted by Crippen LogP contribution is -3.27.